The Morgan fingerprint density at radius 1 is 0.871 bits per heavy atom. The summed E-state index contributed by atoms with van der Waals surface area (Å²) >= 11 is 11.0. The van der Waals surface area contributed by atoms with Gasteiger partial charge in [-0.2, -0.15) is 0 Å². The van der Waals surface area contributed by atoms with Crippen molar-refractivity contribution >= 4 is 24.4 Å². The van der Waals surface area contributed by atoms with E-state index in [4.69, 9.17) is 26.0 Å². The number of methoxy groups -OCH3 is 2. The molecule has 0 aliphatic heterocycles. The molecule has 0 aromatic heterocycles. The van der Waals surface area contributed by atoms with E-state index in [2.05, 4.69) is 24.8 Å². The van der Waals surface area contributed by atoms with Gasteiger partial charge in [0.1, 0.15) is 0 Å². The zero-order valence-electron chi connectivity index (χ0n) is 17.8. The lowest BCUT2D eigenvalue weighted by molar-refractivity contribution is 0.0280. The lowest BCUT2D eigenvalue weighted by atomic mass is 10.1. The highest BCUT2D eigenvalue weighted by atomic mass is 35.5. The normalized spacial score (nSPS) is 12.0. The van der Waals surface area contributed by atoms with Crippen LogP contribution in [-0.2, 0) is 17.8 Å². The van der Waals surface area contributed by atoms with Crippen molar-refractivity contribution in [2.45, 2.75) is 24.0 Å². The Hall–Kier alpha value is -2.18. The molecule has 0 saturated carbocycles. The molecule has 0 aliphatic carbocycles. The number of halogens is 1. The van der Waals surface area contributed by atoms with Crippen molar-refractivity contribution in [3.63, 3.8) is 0 Å². The quantitative estimate of drug-likeness (QED) is 0.285. The zero-order chi connectivity index (χ0) is 22.1. The molecule has 31 heavy (non-hydrogen) atoms. The van der Waals surface area contributed by atoms with Gasteiger partial charge in [-0.1, -0.05) is 48.5 Å². The summed E-state index contributed by atoms with van der Waals surface area (Å²) in [6, 6.07) is 24.1. The summed E-state index contributed by atoms with van der Waals surface area (Å²) in [5.41, 5.74) is 3.33. The van der Waals surface area contributed by atoms with Gasteiger partial charge in [0.15, 0.2) is 11.5 Å². The Morgan fingerprint density at radius 3 is 2.26 bits per heavy atom. The fourth-order valence-corrected chi connectivity index (χ4v) is 3.63. The zero-order valence-corrected chi connectivity index (χ0v) is 19.5. The third-order valence-electron chi connectivity index (χ3n) is 5.01. The second kappa shape index (κ2) is 12.0. The van der Waals surface area contributed by atoms with E-state index in [1.165, 1.54) is 0 Å². The van der Waals surface area contributed by atoms with Gasteiger partial charge < -0.3 is 14.2 Å². The molecule has 0 radical (unpaired) electrons. The van der Waals surface area contributed by atoms with Crippen molar-refractivity contribution in [1.29, 1.82) is 0 Å². The first-order valence-electron chi connectivity index (χ1n) is 10.1. The van der Waals surface area contributed by atoms with Gasteiger partial charge in [0.2, 0.25) is 0 Å². The predicted octanol–water partition coefficient (Wildman–Crippen LogP) is 5.95. The minimum absolute atomic E-state index is 0.156. The van der Waals surface area contributed by atoms with Crippen LogP contribution in [0, 0.1) is 0 Å². The second-order valence-corrected chi connectivity index (χ2v) is 8.18. The highest BCUT2D eigenvalue weighted by molar-refractivity contribution is 7.80. The smallest absolute Gasteiger partial charge is 0.160 e. The number of benzene rings is 3. The molecule has 0 saturated heterocycles. The van der Waals surface area contributed by atoms with Crippen LogP contribution >= 0.6 is 24.4 Å². The molecule has 0 spiro atoms. The first-order chi connectivity index (χ1) is 15.1. The number of hydrogen-bond donors (Lipinski definition) is 1. The number of rotatable bonds is 11. The van der Waals surface area contributed by atoms with Crippen molar-refractivity contribution in [3.05, 3.63) is 89.5 Å². The minimum atomic E-state index is -0.156. The molecular weight excluding hydrogens is 430 g/mol. The lowest BCUT2D eigenvalue weighted by Gasteiger charge is -2.23. The van der Waals surface area contributed by atoms with Crippen molar-refractivity contribution < 1.29 is 14.2 Å². The average molecular weight is 458 g/mol. The summed E-state index contributed by atoms with van der Waals surface area (Å²) < 4.78 is 18.7. The van der Waals surface area contributed by atoms with Crippen LogP contribution < -0.4 is 9.47 Å². The van der Waals surface area contributed by atoms with E-state index in [0.29, 0.717) is 19.7 Å². The van der Waals surface area contributed by atoms with E-state index in [-0.39, 0.29) is 6.10 Å². The van der Waals surface area contributed by atoms with Gasteiger partial charge >= 0.3 is 0 Å². The van der Waals surface area contributed by atoms with Crippen molar-refractivity contribution in [3.8, 4) is 11.5 Å². The monoisotopic (exact) mass is 457 g/mol. The Bertz CT molecular complexity index is 937. The Balaban J connectivity index is 1.63. The SMILES string of the molecule is COc1ccc(CCN(Cl)CC(OCc2ccccc2)c2ccc(S)cc2)cc1OC. The maximum absolute atomic E-state index is 6.60. The Labute approximate surface area is 195 Å². The average Bonchev–Trinajstić information content (AvgIpc) is 2.81. The first kappa shape index (κ1) is 23.5. The summed E-state index contributed by atoms with van der Waals surface area (Å²) in [6.45, 7) is 1.76. The van der Waals surface area contributed by atoms with Gasteiger partial charge in [0, 0.05) is 18.0 Å². The number of thiol groups is 1. The molecule has 0 bridgehead atoms. The molecule has 0 fully saturated rings. The fraction of sp³-hybridized carbons (Fsp3) is 0.280. The molecule has 1 atom stereocenters. The molecular formula is C25H28ClNO3S. The lowest BCUT2D eigenvalue weighted by Crippen LogP contribution is -2.24. The second-order valence-electron chi connectivity index (χ2n) is 7.18. The number of hydrogen-bond acceptors (Lipinski definition) is 5. The van der Waals surface area contributed by atoms with E-state index < -0.39 is 0 Å². The van der Waals surface area contributed by atoms with Gasteiger partial charge in [-0.25, -0.2) is 4.42 Å². The Morgan fingerprint density at radius 2 is 1.58 bits per heavy atom. The summed E-state index contributed by atoms with van der Waals surface area (Å²) in [4.78, 5) is 0.918. The summed E-state index contributed by atoms with van der Waals surface area (Å²) in [7, 11) is 3.27. The number of nitrogens with zero attached hydrogens (tertiary/aromatic N) is 1. The molecule has 0 amide bonds. The highest BCUT2D eigenvalue weighted by Crippen LogP contribution is 2.28. The molecule has 0 heterocycles. The minimum Gasteiger partial charge on any atom is -0.493 e. The molecule has 1 unspecified atom stereocenters. The topological polar surface area (TPSA) is 30.9 Å². The molecule has 3 aromatic rings. The van der Waals surface area contributed by atoms with Crippen LogP contribution in [-0.4, -0.2) is 31.7 Å². The highest BCUT2D eigenvalue weighted by Gasteiger charge is 2.17. The van der Waals surface area contributed by atoms with Gasteiger partial charge in [0.05, 0.1) is 26.9 Å². The van der Waals surface area contributed by atoms with Crippen molar-refractivity contribution in [1.82, 2.24) is 4.42 Å². The van der Waals surface area contributed by atoms with Crippen LogP contribution in [0.4, 0.5) is 0 Å². The standard InChI is InChI=1S/C25H28ClNO3S/c1-28-23-13-8-19(16-24(23)29-2)14-15-27(26)17-25(21-9-11-22(31)12-10-21)30-18-20-6-4-3-5-7-20/h3-13,16,25,31H,14-15,17-18H2,1-2H3. The molecule has 0 N–H and O–H groups in total. The van der Waals surface area contributed by atoms with E-state index in [0.717, 1.165) is 39.5 Å². The summed E-state index contributed by atoms with van der Waals surface area (Å²) in [6.07, 6.45) is 0.627. The summed E-state index contributed by atoms with van der Waals surface area (Å²) in [5.74, 6) is 1.44. The largest absolute Gasteiger partial charge is 0.493 e. The Kier molecular flexibility index (Phi) is 9.10. The van der Waals surface area contributed by atoms with Crippen molar-refractivity contribution in [2.24, 2.45) is 0 Å². The van der Waals surface area contributed by atoms with Gasteiger partial charge in [0.25, 0.3) is 0 Å². The maximum Gasteiger partial charge on any atom is 0.160 e. The van der Waals surface area contributed by atoms with Crippen LogP contribution in [0.3, 0.4) is 0 Å². The van der Waals surface area contributed by atoms with Gasteiger partial charge in [-0.3, -0.25) is 0 Å². The number of ether oxygens (including phenoxy) is 3. The molecule has 0 aliphatic rings. The molecule has 4 nitrogen and oxygen atoms in total. The van der Waals surface area contributed by atoms with Crippen molar-refractivity contribution in [2.75, 3.05) is 27.3 Å². The van der Waals surface area contributed by atoms with Crippen LogP contribution in [0.2, 0.25) is 0 Å². The molecule has 6 heteroatoms. The van der Waals surface area contributed by atoms with E-state index in [9.17, 15) is 0 Å². The van der Waals surface area contributed by atoms with E-state index in [1.54, 1.807) is 18.6 Å². The van der Waals surface area contributed by atoms with Crippen LogP contribution in [0.5, 0.6) is 11.5 Å². The molecule has 164 valence electrons. The van der Waals surface area contributed by atoms with E-state index >= 15 is 0 Å². The van der Waals surface area contributed by atoms with Crippen LogP contribution in [0.25, 0.3) is 0 Å². The maximum atomic E-state index is 6.60. The molecule has 3 rings (SSSR count). The summed E-state index contributed by atoms with van der Waals surface area (Å²) in [5, 5.41) is 0. The van der Waals surface area contributed by atoms with Gasteiger partial charge in [-0.05, 0) is 59.2 Å². The van der Waals surface area contributed by atoms with Gasteiger partial charge in [-0.15, -0.1) is 12.6 Å². The molecule has 3 aromatic carbocycles. The third-order valence-corrected chi connectivity index (χ3v) is 5.62. The van der Waals surface area contributed by atoms with E-state index in [1.807, 2.05) is 60.7 Å². The van der Waals surface area contributed by atoms with Crippen LogP contribution in [0.15, 0.2) is 77.7 Å². The third kappa shape index (κ3) is 7.18. The fourth-order valence-electron chi connectivity index (χ4n) is 3.27. The first-order valence-corrected chi connectivity index (χ1v) is 10.9. The van der Waals surface area contributed by atoms with Crippen LogP contribution in [0.1, 0.15) is 22.8 Å². The predicted molar refractivity (Wildman–Crippen MR) is 128 cm³/mol.